The fraction of sp³-hybridized carbons (Fsp3) is 0.133. The largest absolute Gasteiger partial charge is 0.409 e. The highest BCUT2D eigenvalue weighted by Crippen LogP contribution is 2.18. The van der Waals surface area contributed by atoms with E-state index in [1.807, 2.05) is 18.2 Å². The van der Waals surface area contributed by atoms with Crippen LogP contribution in [0.2, 0.25) is 5.02 Å². The molecule has 0 radical (unpaired) electrons. The SMILES string of the molecule is N/C(=N/O)c1ccc(CNCc2cccc(Br)c2)c(Cl)c1. The second-order valence-electron chi connectivity index (χ2n) is 4.52. The van der Waals surface area contributed by atoms with E-state index in [9.17, 15) is 0 Å². The van der Waals surface area contributed by atoms with Crippen molar-refractivity contribution in [3.8, 4) is 0 Å². The highest BCUT2D eigenvalue weighted by molar-refractivity contribution is 9.10. The third-order valence-corrected chi connectivity index (χ3v) is 3.84. The molecule has 0 saturated heterocycles. The molecule has 2 aromatic rings. The molecule has 0 fully saturated rings. The number of oxime groups is 1. The maximum absolute atomic E-state index is 8.64. The summed E-state index contributed by atoms with van der Waals surface area (Å²) in [5.41, 5.74) is 8.27. The summed E-state index contributed by atoms with van der Waals surface area (Å²) < 4.78 is 1.06. The molecular formula is C15H15BrClN3O. The standard InChI is InChI=1S/C15H15BrClN3O/c16-13-3-1-2-10(6-13)8-19-9-12-5-4-11(7-14(12)17)15(18)20-21/h1-7,19,21H,8-9H2,(H2,18,20). The van der Waals surface area contributed by atoms with Crippen molar-refractivity contribution in [2.75, 3.05) is 0 Å². The van der Waals surface area contributed by atoms with Crippen molar-refractivity contribution >= 4 is 33.4 Å². The molecule has 0 saturated carbocycles. The van der Waals surface area contributed by atoms with Crippen LogP contribution in [-0.2, 0) is 13.1 Å². The van der Waals surface area contributed by atoms with E-state index < -0.39 is 0 Å². The van der Waals surface area contributed by atoms with Crippen LogP contribution in [0.15, 0.2) is 52.1 Å². The Hall–Kier alpha value is -1.56. The van der Waals surface area contributed by atoms with Gasteiger partial charge in [-0.15, -0.1) is 0 Å². The highest BCUT2D eigenvalue weighted by atomic mass is 79.9. The molecule has 6 heteroatoms. The maximum Gasteiger partial charge on any atom is 0.170 e. The predicted molar refractivity (Wildman–Crippen MR) is 88.6 cm³/mol. The number of amidine groups is 1. The van der Waals surface area contributed by atoms with Crippen molar-refractivity contribution < 1.29 is 5.21 Å². The van der Waals surface area contributed by atoms with Gasteiger partial charge in [-0.3, -0.25) is 0 Å². The van der Waals surface area contributed by atoms with Crippen LogP contribution in [0.4, 0.5) is 0 Å². The Morgan fingerprint density at radius 3 is 2.71 bits per heavy atom. The van der Waals surface area contributed by atoms with E-state index >= 15 is 0 Å². The molecule has 0 unspecified atom stereocenters. The van der Waals surface area contributed by atoms with Gasteiger partial charge in [-0.25, -0.2) is 0 Å². The minimum atomic E-state index is 0.0468. The summed E-state index contributed by atoms with van der Waals surface area (Å²) in [5, 5.41) is 15.5. The molecule has 0 aliphatic heterocycles. The molecule has 2 aromatic carbocycles. The molecule has 2 rings (SSSR count). The van der Waals surface area contributed by atoms with Crippen molar-refractivity contribution in [2.24, 2.45) is 10.9 Å². The zero-order valence-electron chi connectivity index (χ0n) is 11.2. The Labute approximate surface area is 136 Å². The molecule has 0 spiro atoms. The van der Waals surface area contributed by atoms with Gasteiger partial charge in [-0.1, -0.05) is 57.0 Å². The first-order valence-electron chi connectivity index (χ1n) is 6.31. The topological polar surface area (TPSA) is 70.6 Å². The summed E-state index contributed by atoms with van der Waals surface area (Å²) in [6, 6.07) is 13.4. The molecular weight excluding hydrogens is 354 g/mol. The normalized spacial score (nSPS) is 11.6. The van der Waals surface area contributed by atoms with E-state index in [1.54, 1.807) is 12.1 Å². The van der Waals surface area contributed by atoms with Gasteiger partial charge in [-0.2, -0.15) is 0 Å². The Balaban J connectivity index is 1.97. The minimum Gasteiger partial charge on any atom is -0.409 e. The maximum atomic E-state index is 8.64. The molecule has 0 bridgehead atoms. The number of hydrogen-bond acceptors (Lipinski definition) is 3. The first kappa shape index (κ1) is 15.8. The first-order valence-corrected chi connectivity index (χ1v) is 7.48. The average Bonchev–Trinajstić information content (AvgIpc) is 2.48. The van der Waals surface area contributed by atoms with Crippen LogP contribution < -0.4 is 11.1 Å². The lowest BCUT2D eigenvalue weighted by atomic mass is 10.1. The van der Waals surface area contributed by atoms with Gasteiger partial charge >= 0.3 is 0 Å². The van der Waals surface area contributed by atoms with Crippen molar-refractivity contribution in [1.29, 1.82) is 0 Å². The Kier molecular flexibility index (Phi) is 5.61. The lowest BCUT2D eigenvalue weighted by Crippen LogP contribution is -2.15. The number of hydrogen-bond donors (Lipinski definition) is 3. The van der Waals surface area contributed by atoms with Gasteiger partial charge < -0.3 is 16.3 Å². The predicted octanol–water partition coefficient (Wildman–Crippen LogP) is 3.49. The molecule has 4 nitrogen and oxygen atoms in total. The molecule has 0 atom stereocenters. The van der Waals surface area contributed by atoms with E-state index in [-0.39, 0.29) is 5.84 Å². The number of rotatable bonds is 5. The number of halogens is 2. The number of nitrogens with two attached hydrogens (primary N) is 1. The van der Waals surface area contributed by atoms with Crippen LogP contribution in [0.1, 0.15) is 16.7 Å². The van der Waals surface area contributed by atoms with Crippen LogP contribution in [0.3, 0.4) is 0 Å². The van der Waals surface area contributed by atoms with E-state index in [0.717, 1.165) is 16.6 Å². The van der Waals surface area contributed by atoms with Crippen LogP contribution in [0, 0.1) is 0 Å². The summed E-state index contributed by atoms with van der Waals surface area (Å²) in [6.07, 6.45) is 0. The van der Waals surface area contributed by atoms with Gasteiger partial charge in [0.15, 0.2) is 5.84 Å². The van der Waals surface area contributed by atoms with Gasteiger partial charge in [0, 0.05) is 28.1 Å². The third kappa shape index (κ3) is 4.46. The fourth-order valence-corrected chi connectivity index (χ4v) is 2.59. The van der Waals surface area contributed by atoms with Crippen LogP contribution in [0.25, 0.3) is 0 Å². The van der Waals surface area contributed by atoms with E-state index in [2.05, 4.69) is 38.5 Å². The van der Waals surface area contributed by atoms with Gasteiger partial charge in [-0.05, 0) is 29.3 Å². The van der Waals surface area contributed by atoms with Gasteiger partial charge in [0.05, 0.1) is 0 Å². The Bertz CT molecular complexity index is 661. The van der Waals surface area contributed by atoms with Crippen molar-refractivity contribution in [3.63, 3.8) is 0 Å². The lowest BCUT2D eigenvalue weighted by molar-refractivity contribution is 0.318. The number of nitrogens with zero attached hydrogens (tertiary/aromatic N) is 1. The Morgan fingerprint density at radius 2 is 2.05 bits per heavy atom. The van der Waals surface area contributed by atoms with E-state index in [4.69, 9.17) is 22.5 Å². The smallest absolute Gasteiger partial charge is 0.170 e. The second kappa shape index (κ2) is 7.45. The zero-order chi connectivity index (χ0) is 15.2. The van der Waals surface area contributed by atoms with E-state index in [1.165, 1.54) is 5.56 Å². The fourth-order valence-electron chi connectivity index (χ4n) is 1.90. The second-order valence-corrected chi connectivity index (χ2v) is 5.85. The first-order chi connectivity index (χ1) is 10.1. The monoisotopic (exact) mass is 367 g/mol. The van der Waals surface area contributed by atoms with Gasteiger partial charge in [0.2, 0.25) is 0 Å². The van der Waals surface area contributed by atoms with Crippen molar-refractivity contribution in [1.82, 2.24) is 5.32 Å². The highest BCUT2D eigenvalue weighted by Gasteiger charge is 2.05. The van der Waals surface area contributed by atoms with Crippen molar-refractivity contribution in [2.45, 2.75) is 13.1 Å². The number of nitrogens with one attached hydrogen (secondary N) is 1. The molecule has 0 aliphatic rings. The molecule has 21 heavy (non-hydrogen) atoms. The molecule has 4 N–H and O–H groups in total. The molecule has 0 heterocycles. The lowest BCUT2D eigenvalue weighted by Gasteiger charge is -2.09. The molecule has 0 aliphatic carbocycles. The zero-order valence-corrected chi connectivity index (χ0v) is 13.5. The van der Waals surface area contributed by atoms with Crippen molar-refractivity contribution in [3.05, 3.63) is 68.7 Å². The summed E-state index contributed by atoms with van der Waals surface area (Å²) in [7, 11) is 0. The van der Waals surface area contributed by atoms with Gasteiger partial charge in [0.25, 0.3) is 0 Å². The average molecular weight is 369 g/mol. The van der Waals surface area contributed by atoms with Crippen LogP contribution in [-0.4, -0.2) is 11.0 Å². The Morgan fingerprint density at radius 1 is 1.24 bits per heavy atom. The third-order valence-electron chi connectivity index (χ3n) is 2.99. The quantitative estimate of drug-likeness (QED) is 0.327. The number of benzene rings is 2. The van der Waals surface area contributed by atoms with Crippen LogP contribution in [0.5, 0.6) is 0 Å². The van der Waals surface area contributed by atoms with Gasteiger partial charge in [0.1, 0.15) is 0 Å². The summed E-state index contributed by atoms with van der Waals surface area (Å²) in [5.74, 6) is 0.0468. The summed E-state index contributed by atoms with van der Waals surface area (Å²) in [6.45, 7) is 1.39. The summed E-state index contributed by atoms with van der Waals surface area (Å²) in [4.78, 5) is 0. The van der Waals surface area contributed by atoms with Crippen LogP contribution >= 0.6 is 27.5 Å². The minimum absolute atomic E-state index is 0.0468. The molecule has 110 valence electrons. The molecule has 0 aromatic heterocycles. The van der Waals surface area contributed by atoms with E-state index in [0.29, 0.717) is 17.1 Å². The molecule has 0 amide bonds. The summed E-state index contributed by atoms with van der Waals surface area (Å²) >= 11 is 9.64.